The topological polar surface area (TPSA) is 171 Å². The summed E-state index contributed by atoms with van der Waals surface area (Å²) >= 11 is 5.83. The van der Waals surface area contributed by atoms with Crippen molar-refractivity contribution in [3.8, 4) is 5.69 Å². The number of hydroxylamine groups is 1. The largest absolute Gasteiger partial charge is 0.761 e. The van der Waals surface area contributed by atoms with Gasteiger partial charge < -0.3 is 26.4 Å². The van der Waals surface area contributed by atoms with Gasteiger partial charge in [0.15, 0.2) is 11.9 Å². The van der Waals surface area contributed by atoms with E-state index >= 15 is 0 Å². The zero-order chi connectivity index (χ0) is 30.7. The number of nitrogens with one attached hydrogen (secondary N) is 4. The Hall–Kier alpha value is -4.73. The van der Waals surface area contributed by atoms with Gasteiger partial charge >= 0.3 is 12.2 Å². The van der Waals surface area contributed by atoms with Gasteiger partial charge in [-0.15, -0.1) is 5.10 Å². The molecule has 5 N–H and O–H groups in total. The van der Waals surface area contributed by atoms with Crippen molar-refractivity contribution in [1.29, 1.82) is 5.41 Å². The highest BCUT2D eigenvalue weighted by molar-refractivity contribution is 6.30. The molecular weight excluding hydrogens is 581 g/mol. The number of aromatic nitrogens is 3. The Bertz CT molecular complexity index is 1440. The molecule has 0 saturated carbocycles. The van der Waals surface area contributed by atoms with E-state index in [-0.39, 0.29) is 30.0 Å². The van der Waals surface area contributed by atoms with Crippen molar-refractivity contribution >= 4 is 29.4 Å². The van der Waals surface area contributed by atoms with Crippen LogP contribution in [-0.4, -0.2) is 67.9 Å². The third kappa shape index (κ3) is 8.89. The van der Waals surface area contributed by atoms with Crippen LogP contribution in [0.15, 0.2) is 79.3 Å². The van der Waals surface area contributed by atoms with Gasteiger partial charge in [-0.3, -0.25) is 15.1 Å². The first-order chi connectivity index (χ1) is 20.0. The summed E-state index contributed by atoms with van der Waals surface area (Å²) in [5, 5.41) is 37.6. The standard InChI is InChI=1S/C26H25ClF3N8O4/c27-18-10-8-17(9-11-18)23(31)37(15-21(39)26(28,29)30)25(41)33-14-22-34-16-38(36-22)20-7-3-2-6-19(20)24(40)32-12-4-1-5-13-35-42/h1-11,13,16,21,31,35,39H,12,14-15H2,(H,32,40)(H,33,41)/q-1/b4-1-,13-5-,31-23?/t21-/m0/s1. The Balaban J connectivity index is 1.71. The van der Waals surface area contributed by atoms with E-state index in [2.05, 4.69) is 20.7 Å². The fraction of sp³-hybridized carbons (Fsp3) is 0.192. The molecule has 42 heavy (non-hydrogen) atoms. The van der Waals surface area contributed by atoms with Gasteiger partial charge in [0.05, 0.1) is 24.3 Å². The maximum atomic E-state index is 13.1. The van der Waals surface area contributed by atoms with Crippen LogP contribution in [0, 0.1) is 10.6 Å². The second-order valence-electron chi connectivity index (χ2n) is 8.42. The van der Waals surface area contributed by atoms with Crippen molar-refractivity contribution in [1.82, 2.24) is 35.8 Å². The lowest BCUT2D eigenvalue weighted by atomic mass is 10.1. The van der Waals surface area contributed by atoms with E-state index in [1.54, 1.807) is 41.9 Å². The van der Waals surface area contributed by atoms with E-state index in [9.17, 15) is 33.1 Å². The lowest BCUT2D eigenvalue weighted by Crippen LogP contribution is -2.50. The van der Waals surface area contributed by atoms with Gasteiger partial charge in [0, 0.05) is 17.1 Å². The highest BCUT2D eigenvalue weighted by Gasteiger charge is 2.41. The number of aliphatic hydroxyl groups excluding tert-OH is 1. The van der Waals surface area contributed by atoms with Crippen LogP contribution in [0.3, 0.4) is 0 Å². The Morgan fingerprint density at radius 1 is 1.14 bits per heavy atom. The summed E-state index contributed by atoms with van der Waals surface area (Å²) in [7, 11) is 0. The summed E-state index contributed by atoms with van der Waals surface area (Å²) in [6.45, 7) is -1.40. The Labute approximate surface area is 242 Å². The predicted octanol–water partition coefficient (Wildman–Crippen LogP) is 3.27. The van der Waals surface area contributed by atoms with Gasteiger partial charge in [-0.25, -0.2) is 14.5 Å². The summed E-state index contributed by atoms with van der Waals surface area (Å²) in [5.41, 5.74) is 2.30. The number of aliphatic hydroxyl groups is 1. The molecule has 1 heterocycles. The molecule has 0 aliphatic heterocycles. The van der Waals surface area contributed by atoms with Gasteiger partial charge in [0.2, 0.25) is 0 Å². The molecule has 222 valence electrons. The number of alkyl halides is 3. The van der Waals surface area contributed by atoms with Crippen molar-refractivity contribution in [2.75, 3.05) is 13.1 Å². The number of hydrogen-bond donors (Lipinski definition) is 5. The smallest absolute Gasteiger partial charge is 0.416 e. The van der Waals surface area contributed by atoms with Crippen molar-refractivity contribution in [2.45, 2.75) is 18.8 Å². The number of nitrogens with zero attached hydrogens (tertiary/aromatic N) is 4. The second kappa shape index (κ2) is 14.8. The van der Waals surface area contributed by atoms with E-state index in [0.717, 1.165) is 0 Å². The lowest BCUT2D eigenvalue weighted by molar-refractivity contribution is -0.204. The average molecular weight is 606 g/mol. The molecule has 1 atom stereocenters. The number of halogens is 4. The van der Waals surface area contributed by atoms with Crippen LogP contribution in [0.2, 0.25) is 5.02 Å². The molecule has 0 radical (unpaired) electrons. The first-order valence-corrected chi connectivity index (χ1v) is 12.5. The van der Waals surface area contributed by atoms with Crippen LogP contribution in [0.5, 0.6) is 0 Å². The van der Waals surface area contributed by atoms with Crippen LogP contribution in [0.1, 0.15) is 21.7 Å². The Morgan fingerprint density at radius 3 is 2.55 bits per heavy atom. The van der Waals surface area contributed by atoms with Gasteiger partial charge in [-0.05, 0) is 48.7 Å². The maximum absolute atomic E-state index is 13.1. The van der Waals surface area contributed by atoms with Crippen molar-refractivity contribution in [3.05, 3.63) is 106 Å². The molecule has 0 bridgehead atoms. The van der Waals surface area contributed by atoms with E-state index in [4.69, 9.17) is 17.0 Å². The fourth-order valence-electron chi connectivity index (χ4n) is 3.41. The van der Waals surface area contributed by atoms with Crippen molar-refractivity contribution < 1.29 is 27.9 Å². The van der Waals surface area contributed by atoms with E-state index in [0.29, 0.717) is 15.6 Å². The number of carbonyl (C=O) groups excluding carboxylic acids is 2. The molecule has 3 aromatic rings. The van der Waals surface area contributed by atoms with E-state index in [1.165, 1.54) is 47.6 Å². The first-order valence-electron chi connectivity index (χ1n) is 12.1. The zero-order valence-electron chi connectivity index (χ0n) is 21.7. The lowest BCUT2D eigenvalue weighted by Gasteiger charge is -2.26. The highest BCUT2D eigenvalue weighted by atomic mass is 35.5. The molecule has 3 rings (SSSR count). The minimum atomic E-state index is -5.03. The van der Waals surface area contributed by atoms with Crippen LogP contribution in [-0.2, 0) is 6.54 Å². The van der Waals surface area contributed by atoms with Crippen molar-refractivity contribution in [3.63, 3.8) is 0 Å². The summed E-state index contributed by atoms with van der Waals surface area (Å²) in [6.07, 6.45) is -0.827. The number of hydrogen-bond acceptors (Lipinski definition) is 8. The number of rotatable bonds is 11. The predicted molar refractivity (Wildman–Crippen MR) is 148 cm³/mol. The first kappa shape index (κ1) is 31.8. The Kier molecular flexibility index (Phi) is 11.2. The molecular formula is C26H25ClF3N8O4-. The minimum Gasteiger partial charge on any atom is -0.761 e. The molecule has 0 saturated heterocycles. The molecule has 12 nitrogen and oxygen atoms in total. The van der Waals surface area contributed by atoms with Gasteiger partial charge in [0.1, 0.15) is 12.2 Å². The van der Waals surface area contributed by atoms with E-state index in [1.807, 2.05) is 0 Å². The number of para-hydroxylation sites is 1. The van der Waals surface area contributed by atoms with Crippen molar-refractivity contribution in [2.24, 2.45) is 0 Å². The molecule has 0 unspecified atom stereocenters. The maximum Gasteiger partial charge on any atom is 0.416 e. The molecule has 0 fully saturated rings. The third-order valence-electron chi connectivity index (χ3n) is 5.49. The normalized spacial score (nSPS) is 12.3. The van der Waals surface area contributed by atoms with Gasteiger partial charge in [-0.1, -0.05) is 35.9 Å². The molecule has 3 amide bonds. The van der Waals surface area contributed by atoms with Gasteiger partial charge in [0.25, 0.3) is 5.91 Å². The Morgan fingerprint density at radius 2 is 1.86 bits per heavy atom. The monoisotopic (exact) mass is 605 g/mol. The quantitative estimate of drug-likeness (QED) is 0.0966. The van der Waals surface area contributed by atoms with Crippen LogP contribution < -0.4 is 16.1 Å². The number of allylic oxidation sites excluding steroid dienone is 2. The number of urea groups is 1. The second-order valence-corrected chi connectivity index (χ2v) is 8.86. The number of amides is 3. The van der Waals surface area contributed by atoms with E-state index < -0.39 is 36.6 Å². The summed E-state index contributed by atoms with van der Waals surface area (Å²) in [4.78, 5) is 30.1. The fourth-order valence-corrected chi connectivity index (χ4v) is 3.54. The molecule has 0 aliphatic carbocycles. The average Bonchev–Trinajstić information content (AvgIpc) is 3.44. The van der Waals surface area contributed by atoms with Crippen LogP contribution in [0.25, 0.3) is 5.69 Å². The van der Waals surface area contributed by atoms with Gasteiger partial charge in [-0.2, -0.15) is 13.2 Å². The number of amidine groups is 1. The number of carbonyl (C=O) groups is 2. The minimum absolute atomic E-state index is 0.0506. The summed E-state index contributed by atoms with van der Waals surface area (Å²) in [5.74, 6) is -0.973. The third-order valence-corrected chi connectivity index (χ3v) is 5.74. The highest BCUT2D eigenvalue weighted by Crippen LogP contribution is 2.22. The molecule has 2 aromatic carbocycles. The zero-order valence-corrected chi connectivity index (χ0v) is 22.4. The number of benzene rings is 2. The summed E-state index contributed by atoms with van der Waals surface area (Å²) < 4.78 is 40.5. The summed E-state index contributed by atoms with van der Waals surface area (Å²) in [6, 6.07) is 10.9. The molecule has 0 spiro atoms. The SMILES string of the molecule is N=C(c1ccc(Cl)cc1)N(C[C@H](O)C(F)(F)F)C(=O)NCc1ncn(-c2ccccc2C(=O)NC/C=C\C=C/N[O-])n1. The molecule has 0 aliphatic rings. The molecule has 1 aromatic heterocycles. The molecule has 16 heteroatoms. The van der Waals surface area contributed by atoms with Crippen LogP contribution >= 0.6 is 11.6 Å². The van der Waals surface area contributed by atoms with Crippen LogP contribution in [0.4, 0.5) is 18.0 Å².